The second kappa shape index (κ2) is 4.83. The summed E-state index contributed by atoms with van der Waals surface area (Å²) >= 11 is 0. The van der Waals surface area contributed by atoms with Crippen LogP contribution in [0, 0.1) is 11.7 Å². The third-order valence-electron chi connectivity index (χ3n) is 3.44. The van der Waals surface area contributed by atoms with E-state index in [0.29, 0.717) is 11.7 Å². The van der Waals surface area contributed by atoms with Crippen molar-refractivity contribution in [2.45, 2.75) is 19.3 Å². The van der Waals surface area contributed by atoms with Crippen molar-refractivity contribution < 1.29 is 9.13 Å². The molecule has 0 bridgehead atoms. The number of piperidine rings is 1. The standard InChI is InChI=1S/C13H18FNO/c1-9-6-7-15-8-11(9)10-4-3-5-12(16-2)13(10)14/h3-5,9,11,15H,6-8H2,1-2H3. The Morgan fingerprint density at radius 3 is 2.94 bits per heavy atom. The molecule has 2 atom stereocenters. The Kier molecular flexibility index (Phi) is 3.44. The first-order valence-corrected chi connectivity index (χ1v) is 5.77. The highest BCUT2D eigenvalue weighted by molar-refractivity contribution is 5.34. The van der Waals surface area contributed by atoms with Gasteiger partial charge in [-0.15, -0.1) is 0 Å². The van der Waals surface area contributed by atoms with E-state index in [2.05, 4.69) is 12.2 Å². The summed E-state index contributed by atoms with van der Waals surface area (Å²) in [4.78, 5) is 0. The topological polar surface area (TPSA) is 21.3 Å². The van der Waals surface area contributed by atoms with Gasteiger partial charge in [-0.25, -0.2) is 4.39 Å². The first kappa shape index (κ1) is 11.4. The largest absolute Gasteiger partial charge is 0.494 e. The zero-order chi connectivity index (χ0) is 11.5. The molecule has 0 aliphatic carbocycles. The molecule has 1 saturated heterocycles. The van der Waals surface area contributed by atoms with Gasteiger partial charge in [0, 0.05) is 12.5 Å². The third kappa shape index (κ3) is 2.05. The lowest BCUT2D eigenvalue weighted by molar-refractivity contribution is 0.332. The lowest BCUT2D eigenvalue weighted by Gasteiger charge is -2.30. The highest BCUT2D eigenvalue weighted by atomic mass is 19.1. The summed E-state index contributed by atoms with van der Waals surface area (Å²) in [5.74, 6) is 0.910. The van der Waals surface area contributed by atoms with E-state index in [1.54, 1.807) is 6.07 Å². The number of ether oxygens (including phenoxy) is 1. The maximum absolute atomic E-state index is 14.1. The summed E-state index contributed by atoms with van der Waals surface area (Å²) in [6, 6.07) is 5.39. The Morgan fingerprint density at radius 2 is 2.25 bits per heavy atom. The first-order valence-electron chi connectivity index (χ1n) is 5.77. The summed E-state index contributed by atoms with van der Waals surface area (Å²) in [5.41, 5.74) is 0.777. The van der Waals surface area contributed by atoms with E-state index in [4.69, 9.17) is 4.74 Å². The SMILES string of the molecule is COc1cccc(C2CNCCC2C)c1F. The van der Waals surface area contributed by atoms with Crippen molar-refractivity contribution in [3.05, 3.63) is 29.6 Å². The molecule has 1 N–H and O–H groups in total. The van der Waals surface area contributed by atoms with E-state index in [1.807, 2.05) is 12.1 Å². The maximum Gasteiger partial charge on any atom is 0.168 e. The number of halogens is 1. The molecule has 2 rings (SSSR count). The van der Waals surface area contributed by atoms with Crippen LogP contribution in [0.25, 0.3) is 0 Å². The van der Waals surface area contributed by atoms with E-state index < -0.39 is 0 Å². The molecule has 1 aliphatic rings. The van der Waals surface area contributed by atoms with Gasteiger partial charge in [0.15, 0.2) is 11.6 Å². The normalized spacial score (nSPS) is 25.4. The van der Waals surface area contributed by atoms with Crippen LogP contribution in [0.5, 0.6) is 5.75 Å². The predicted octanol–water partition coefficient (Wildman–Crippen LogP) is 2.55. The Balaban J connectivity index is 2.31. The second-order valence-electron chi connectivity index (χ2n) is 4.44. The summed E-state index contributed by atoms with van der Waals surface area (Å²) in [7, 11) is 1.50. The molecule has 88 valence electrons. The zero-order valence-corrected chi connectivity index (χ0v) is 9.79. The molecule has 1 aliphatic heterocycles. The molecule has 16 heavy (non-hydrogen) atoms. The van der Waals surface area contributed by atoms with Crippen LogP contribution in [-0.2, 0) is 0 Å². The molecular weight excluding hydrogens is 205 g/mol. The number of rotatable bonds is 2. The molecule has 0 spiro atoms. The van der Waals surface area contributed by atoms with E-state index in [1.165, 1.54) is 7.11 Å². The molecule has 3 heteroatoms. The van der Waals surface area contributed by atoms with Crippen molar-refractivity contribution >= 4 is 0 Å². The monoisotopic (exact) mass is 223 g/mol. The van der Waals surface area contributed by atoms with Crippen molar-refractivity contribution in [3.63, 3.8) is 0 Å². The second-order valence-corrected chi connectivity index (χ2v) is 4.44. The van der Waals surface area contributed by atoms with Crippen LogP contribution < -0.4 is 10.1 Å². The predicted molar refractivity (Wildman–Crippen MR) is 62.3 cm³/mol. The van der Waals surface area contributed by atoms with Gasteiger partial charge < -0.3 is 10.1 Å². The lowest BCUT2D eigenvalue weighted by atomic mass is 9.82. The minimum atomic E-state index is -0.203. The van der Waals surface area contributed by atoms with E-state index in [0.717, 1.165) is 25.1 Å². The average molecular weight is 223 g/mol. The van der Waals surface area contributed by atoms with Gasteiger partial charge in [0.05, 0.1) is 7.11 Å². The summed E-state index contributed by atoms with van der Waals surface area (Å²) < 4.78 is 19.1. The van der Waals surface area contributed by atoms with Crippen molar-refractivity contribution in [2.75, 3.05) is 20.2 Å². The number of hydrogen-bond donors (Lipinski definition) is 1. The molecule has 1 aromatic rings. The third-order valence-corrected chi connectivity index (χ3v) is 3.44. The van der Waals surface area contributed by atoms with Crippen molar-refractivity contribution in [1.29, 1.82) is 0 Å². The van der Waals surface area contributed by atoms with Crippen LogP contribution in [0.15, 0.2) is 18.2 Å². The highest BCUT2D eigenvalue weighted by Gasteiger charge is 2.26. The molecule has 1 heterocycles. The van der Waals surface area contributed by atoms with Gasteiger partial charge in [0.2, 0.25) is 0 Å². The Bertz CT molecular complexity index is 367. The van der Waals surface area contributed by atoms with Crippen LogP contribution in [0.3, 0.4) is 0 Å². The summed E-state index contributed by atoms with van der Waals surface area (Å²) in [5, 5.41) is 3.32. The fourth-order valence-electron chi connectivity index (χ4n) is 2.38. The fraction of sp³-hybridized carbons (Fsp3) is 0.538. The molecule has 1 fully saturated rings. The molecule has 0 aromatic heterocycles. The van der Waals surface area contributed by atoms with Crippen LogP contribution in [0.2, 0.25) is 0 Å². The van der Waals surface area contributed by atoms with Crippen LogP contribution in [0.4, 0.5) is 4.39 Å². The van der Waals surface area contributed by atoms with Crippen LogP contribution in [-0.4, -0.2) is 20.2 Å². The van der Waals surface area contributed by atoms with Crippen molar-refractivity contribution in [2.24, 2.45) is 5.92 Å². The molecule has 0 radical (unpaired) electrons. The molecule has 0 saturated carbocycles. The number of hydrogen-bond acceptors (Lipinski definition) is 2. The smallest absolute Gasteiger partial charge is 0.168 e. The number of nitrogens with one attached hydrogen (secondary N) is 1. The Labute approximate surface area is 95.8 Å². The summed E-state index contributed by atoms with van der Waals surface area (Å²) in [6.45, 7) is 4.07. The molecular formula is C13H18FNO. The molecule has 2 nitrogen and oxygen atoms in total. The van der Waals surface area contributed by atoms with Gasteiger partial charge in [-0.2, -0.15) is 0 Å². The highest BCUT2D eigenvalue weighted by Crippen LogP contribution is 2.33. The maximum atomic E-state index is 14.1. The zero-order valence-electron chi connectivity index (χ0n) is 9.79. The molecule has 1 aromatic carbocycles. The number of methoxy groups -OCH3 is 1. The van der Waals surface area contributed by atoms with Gasteiger partial charge in [-0.1, -0.05) is 19.1 Å². The first-order chi connectivity index (χ1) is 7.74. The minimum absolute atomic E-state index is 0.203. The van der Waals surface area contributed by atoms with E-state index in [9.17, 15) is 4.39 Å². The Hall–Kier alpha value is -1.09. The van der Waals surface area contributed by atoms with Crippen molar-refractivity contribution in [1.82, 2.24) is 5.32 Å². The van der Waals surface area contributed by atoms with Gasteiger partial charge in [-0.05, 0) is 30.5 Å². The van der Waals surface area contributed by atoms with Crippen molar-refractivity contribution in [3.8, 4) is 5.75 Å². The van der Waals surface area contributed by atoms with Gasteiger partial charge in [0.25, 0.3) is 0 Å². The minimum Gasteiger partial charge on any atom is -0.494 e. The fourth-order valence-corrected chi connectivity index (χ4v) is 2.38. The number of benzene rings is 1. The van der Waals surface area contributed by atoms with E-state index >= 15 is 0 Å². The van der Waals surface area contributed by atoms with E-state index in [-0.39, 0.29) is 11.7 Å². The van der Waals surface area contributed by atoms with Crippen LogP contribution >= 0.6 is 0 Å². The lowest BCUT2D eigenvalue weighted by Crippen LogP contribution is -2.34. The van der Waals surface area contributed by atoms with Crippen LogP contribution in [0.1, 0.15) is 24.8 Å². The quantitative estimate of drug-likeness (QED) is 0.832. The van der Waals surface area contributed by atoms with Gasteiger partial charge in [0.1, 0.15) is 0 Å². The average Bonchev–Trinajstić information content (AvgIpc) is 2.31. The van der Waals surface area contributed by atoms with Gasteiger partial charge >= 0.3 is 0 Å². The molecule has 2 unspecified atom stereocenters. The summed E-state index contributed by atoms with van der Waals surface area (Å²) in [6.07, 6.45) is 1.10. The Morgan fingerprint density at radius 1 is 1.44 bits per heavy atom. The van der Waals surface area contributed by atoms with Gasteiger partial charge in [-0.3, -0.25) is 0 Å². The molecule has 0 amide bonds.